The van der Waals surface area contributed by atoms with E-state index in [2.05, 4.69) is 18.1 Å². The van der Waals surface area contributed by atoms with Crippen LogP contribution in [0.25, 0.3) is 0 Å². The standard InChI is InChI=1S/C4H7IN/c1-4-2-6-3-5-4/h2,4H,3H2,1H3/q-1. The number of hydrogen-bond acceptors (Lipinski definition) is 1. The summed E-state index contributed by atoms with van der Waals surface area (Å²) in [5, 5.41) is 0. The first-order valence-corrected chi connectivity index (χ1v) is 4.74. The van der Waals surface area contributed by atoms with Gasteiger partial charge in [0.05, 0.1) is 0 Å². The number of alkyl halides is 2. The van der Waals surface area contributed by atoms with Gasteiger partial charge in [-0.15, -0.1) is 0 Å². The summed E-state index contributed by atoms with van der Waals surface area (Å²) in [6.07, 6.45) is 2.08. The number of nitrogens with zero attached hydrogens (tertiary/aromatic N) is 1. The SMILES string of the molecule is CC1C=NC[I-]1. The maximum atomic E-state index is 4.09. The third kappa shape index (κ3) is 0.929. The first-order valence-electron chi connectivity index (χ1n) is 1.97. The Labute approximate surface area is 48.1 Å². The van der Waals surface area contributed by atoms with Gasteiger partial charge in [0.25, 0.3) is 0 Å². The predicted molar refractivity (Wildman–Crippen MR) is 22.8 cm³/mol. The fraction of sp³-hybridized carbons (Fsp3) is 0.750. The van der Waals surface area contributed by atoms with Crippen LogP contribution in [0.2, 0.25) is 0 Å². The van der Waals surface area contributed by atoms with Gasteiger partial charge in [-0.3, -0.25) is 0 Å². The Kier molecular flexibility index (Phi) is 1.45. The molecule has 1 aliphatic heterocycles. The Hall–Kier alpha value is 0.400. The second-order valence-electron chi connectivity index (χ2n) is 1.28. The van der Waals surface area contributed by atoms with Crippen LogP contribution in [0.4, 0.5) is 0 Å². The summed E-state index contributed by atoms with van der Waals surface area (Å²) in [7, 11) is 0. The zero-order chi connectivity index (χ0) is 4.41. The molecule has 0 radical (unpaired) electrons. The molecule has 0 spiro atoms. The van der Waals surface area contributed by atoms with Gasteiger partial charge in [0.15, 0.2) is 0 Å². The first-order chi connectivity index (χ1) is 2.89. The number of halogens is 1. The Balaban J connectivity index is 2.38. The molecule has 1 aliphatic rings. The topological polar surface area (TPSA) is 12.4 Å². The molecule has 2 heteroatoms. The fourth-order valence-corrected chi connectivity index (χ4v) is 1.90. The van der Waals surface area contributed by atoms with Crippen molar-refractivity contribution in [1.29, 1.82) is 0 Å². The van der Waals surface area contributed by atoms with Crippen molar-refractivity contribution in [2.45, 2.75) is 10.8 Å². The van der Waals surface area contributed by atoms with Crippen LogP contribution in [-0.4, -0.2) is 14.7 Å². The predicted octanol–water partition coefficient (Wildman–Crippen LogP) is -2.49. The van der Waals surface area contributed by atoms with E-state index in [1.54, 1.807) is 0 Å². The minimum atomic E-state index is 0.457. The molecule has 1 atom stereocenters. The van der Waals surface area contributed by atoms with Crippen molar-refractivity contribution in [1.82, 2.24) is 0 Å². The van der Waals surface area contributed by atoms with Crippen LogP contribution in [0.5, 0.6) is 0 Å². The van der Waals surface area contributed by atoms with Crippen molar-refractivity contribution in [3.8, 4) is 0 Å². The first kappa shape index (κ1) is 4.56. The van der Waals surface area contributed by atoms with Crippen molar-refractivity contribution >= 4 is 6.21 Å². The molecular formula is C4H7IN-. The van der Waals surface area contributed by atoms with E-state index in [4.69, 9.17) is 0 Å². The molecule has 0 saturated carbocycles. The molecular weight excluding hydrogens is 189 g/mol. The van der Waals surface area contributed by atoms with Crippen LogP contribution in [0.15, 0.2) is 4.99 Å². The van der Waals surface area contributed by atoms with E-state index in [9.17, 15) is 0 Å². The number of aliphatic imine (C=N–C) groups is 1. The summed E-state index contributed by atoms with van der Waals surface area (Å²) in [5.41, 5.74) is 0. The molecule has 6 heavy (non-hydrogen) atoms. The van der Waals surface area contributed by atoms with Crippen molar-refractivity contribution in [2.24, 2.45) is 4.99 Å². The molecule has 1 rings (SSSR count). The Morgan fingerprint density at radius 2 is 2.83 bits per heavy atom. The van der Waals surface area contributed by atoms with Gasteiger partial charge < -0.3 is 0 Å². The van der Waals surface area contributed by atoms with Gasteiger partial charge >= 0.3 is 47.8 Å². The molecule has 0 aromatic heterocycles. The number of hydrogen-bond donors (Lipinski definition) is 0. The average Bonchev–Trinajstić information content (AvgIpc) is 1.86. The minimum absolute atomic E-state index is 0.457. The van der Waals surface area contributed by atoms with E-state index in [1.807, 2.05) is 0 Å². The summed E-state index contributed by atoms with van der Waals surface area (Å²) in [5.74, 6) is 0. The van der Waals surface area contributed by atoms with Crippen molar-refractivity contribution in [3.05, 3.63) is 0 Å². The molecule has 0 bridgehead atoms. The monoisotopic (exact) mass is 196 g/mol. The molecule has 0 saturated heterocycles. The molecule has 36 valence electrons. The molecule has 0 N–H and O–H groups in total. The fourth-order valence-electron chi connectivity index (χ4n) is 0.374. The van der Waals surface area contributed by atoms with Gasteiger partial charge in [0.1, 0.15) is 0 Å². The third-order valence-corrected chi connectivity index (χ3v) is 3.19. The molecule has 0 aliphatic carbocycles. The summed E-state index contributed by atoms with van der Waals surface area (Å²) in [4.78, 5) is 4.09. The van der Waals surface area contributed by atoms with E-state index in [0.29, 0.717) is 21.2 Å². The molecule has 0 aromatic carbocycles. The zero-order valence-electron chi connectivity index (χ0n) is 3.69. The summed E-state index contributed by atoms with van der Waals surface area (Å²) >= 11 is 0.457. The molecule has 1 unspecified atom stereocenters. The number of rotatable bonds is 0. The average molecular weight is 196 g/mol. The van der Waals surface area contributed by atoms with Gasteiger partial charge in [-0.1, -0.05) is 0 Å². The zero-order valence-corrected chi connectivity index (χ0v) is 5.84. The van der Waals surface area contributed by atoms with Gasteiger partial charge in [0.2, 0.25) is 0 Å². The second-order valence-corrected chi connectivity index (χ2v) is 4.81. The molecule has 1 nitrogen and oxygen atoms in total. The van der Waals surface area contributed by atoms with E-state index < -0.39 is 0 Å². The van der Waals surface area contributed by atoms with E-state index in [-0.39, 0.29) is 0 Å². The van der Waals surface area contributed by atoms with Gasteiger partial charge in [-0.25, -0.2) is 0 Å². The third-order valence-electron chi connectivity index (χ3n) is 0.692. The van der Waals surface area contributed by atoms with Crippen molar-refractivity contribution < 1.29 is 21.2 Å². The maximum absolute atomic E-state index is 4.09. The summed E-state index contributed by atoms with van der Waals surface area (Å²) < 4.78 is 2.03. The van der Waals surface area contributed by atoms with Crippen LogP contribution in [0.1, 0.15) is 6.92 Å². The van der Waals surface area contributed by atoms with E-state index >= 15 is 0 Å². The molecule has 0 amide bonds. The van der Waals surface area contributed by atoms with Crippen molar-refractivity contribution in [3.63, 3.8) is 0 Å². The van der Waals surface area contributed by atoms with Crippen LogP contribution >= 0.6 is 0 Å². The van der Waals surface area contributed by atoms with Crippen LogP contribution in [0, 0.1) is 0 Å². The molecule has 0 aromatic rings. The van der Waals surface area contributed by atoms with E-state index in [1.165, 1.54) is 4.55 Å². The van der Waals surface area contributed by atoms with Crippen LogP contribution in [-0.2, 0) is 0 Å². The van der Waals surface area contributed by atoms with Gasteiger partial charge in [-0.05, 0) is 0 Å². The quantitative estimate of drug-likeness (QED) is 0.231. The van der Waals surface area contributed by atoms with Crippen LogP contribution in [0.3, 0.4) is 0 Å². The Morgan fingerprint density at radius 1 is 2.00 bits per heavy atom. The van der Waals surface area contributed by atoms with Crippen molar-refractivity contribution in [2.75, 3.05) is 4.55 Å². The Bertz CT molecular complexity index is 69.9. The van der Waals surface area contributed by atoms with Crippen LogP contribution < -0.4 is 21.2 Å². The second kappa shape index (κ2) is 1.91. The van der Waals surface area contributed by atoms with E-state index in [0.717, 1.165) is 3.92 Å². The molecule has 0 fully saturated rings. The molecule has 1 heterocycles. The Morgan fingerprint density at radius 3 is 3.00 bits per heavy atom. The normalized spacial score (nSPS) is 33.2. The van der Waals surface area contributed by atoms with Gasteiger partial charge in [0, 0.05) is 0 Å². The summed E-state index contributed by atoms with van der Waals surface area (Å²) in [6, 6.07) is 0. The van der Waals surface area contributed by atoms with Gasteiger partial charge in [-0.2, -0.15) is 0 Å². The summed E-state index contributed by atoms with van der Waals surface area (Å²) in [6.45, 7) is 2.24.